The number of hydrogen-bond acceptors (Lipinski definition) is 2. The van der Waals surface area contributed by atoms with Crippen molar-refractivity contribution in [2.75, 3.05) is 19.6 Å². The van der Waals surface area contributed by atoms with Crippen LogP contribution in [0.2, 0.25) is 10.0 Å². The van der Waals surface area contributed by atoms with Crippen molar-refractivity contribution in [1.82, 2.24) is 9.13 Å². The minimum atomic E-state index is -0.781. The number of para-hydroxylation sites is 2. The molecule has 0 aliphatic rings. The van der Waals surface area contributed by atoms with Crippen molar-refractivity contribution < 1.29 is 22.4 Å². The number of imidazole rings is 1. The Balaban J connectivity index is 0.00000300. The zero-order valence-corrected chi connectivity index (χ0v) is 18.9. The lowest BCUT2D eigenvalue weighted by atomic mass is 10.1. The fourth-order valence-electron chi connectivity index (χ4n) is 3.58. The van der Waals surface area contributed by atoms with E-state index >= 15 is 0 Å². The standard InChI is InChI=1S/C21H26Cl2N4O.ClH/c1-3-25(4-2)11-12-26-18-7-5-6-8-19(18)27(21(26)24)14-20(28)15-9-10-16(22)17(23)13-15;/h5-10,13,20,24,28H,3-4,11-12,14H2,1-2H3;1H. The highest BCUT2D eigenvalue weighted by atomic mass is 35.5. The average Bonchev–Trinajstić information content (AvgIpc) is 2.96. The minimum absolute atomic E-state index is 0. The second-order valence-corrected chi connectivity index (χ2v) is 7.79. The zero-order valence-electron chi connectivity index (χ0n) is 16.6. The molecule has 1 aromatic heterocycles. The molecular weight excluding hydrogens is 431 g/mol. The first kappa shape index (κ1) is 23.8. The zero-order chi connectivity index (χ0) is 20.3. The summed E-state index contributed by atoms with van der Waals surface area (Å²) in [4.78, 5) is 1.50. The van der Waals surface area contributed by atoms with Gasteiger partial charge in [0.05, 0.1) is 59.9 Å². The third-order valence-corrected chi connectivity index (χ3v) is 6.09. The van der Waals surface area contributed by atoms with Gasteiger partial charge in [-0.1, -0.05) is 41.4 Å². The van der Waals surface area contributed by atoms with Gasteiger partial charge in [-0.05, 0) is 43.7 Å². The van der Waals surface area contributed by atoms with Gasteiger partial charge in [-0.2, -0.15) is 0 Å². The highest BCUT2D eigenvalue weighted by Crippen LogP contribution is 2.26. The number of nitrogens with zero attached hydrogens (tertiary/aromatic N) is 2. The number of aromatic nitrogens is 2. The number of aliphatic hydroxyl groups is 1. The van der Waals surface area contributed by atoms with Crippen LogP contribution in [0.25, 0.3) is 11.0 Å². The van der Waals surface area contributed by atoms with Crippen LogP contribution in [0.1, 0.15) is 25.5 Å². The average molecular weight is 458 g/mol. The molecule has 3 rings (SSSR count). The van der Waals surface area contributed by atoms with Gasteiger partial charge in [0.1, 0.15) is 0 Å². The molecule has 1 unspecified atom stereocenters. The molecule has 1 heterocycles. The van der Waals surface area contributed by atoms with E-state index < -0.39 is 6.10 Å². The molecule has 0 spiro atoms. The molecular formula is C21H27Cl3N4O. The van der Waals surface area contributed by atoms with E-state index in [1.165, 1.54) is 4.90 Å². The number of fused-ring (bicyclic) bond motifs is 1. The molecule has 3 aromatic rings. The molecule has 158 valence electrons. The Kier molecular flexibility index (Phi) is 8.61. The predicted octanol–water partition coefficient (Wildman–Crippen LogP) is -0.109. The van der Waals surface area contributed by atoms with Crippen molar-refractivity contribution in [2.45, 2.75) is 33.0 Å². The number of rotatable bonds is 8. The molecule has 5 nitrogen and oxygen atoms in total. The first-order valence-electron chi connectivity index (χ1n) is 9.65. The van der Waals surface area contributed by atoms with E-state index in [4.69, 9.17) is 28.6 Å². The fourth-order valence-corrected chi connectivity index (χ4v) is 3.88. The number of halogens is 3. The summed E-state index contributed by atoms with van der Waals surface area (Å²) >= 11 is 12.1. The van der Waals surface area contributed by atoms with Crippen molar-refractivity contribution in [3.63, 3.8) is 0 Å². The first-order valence-corrected chi connectivity index (χ1v) is 10.4. The summed E-state index contributed by atoms with van der Waals surface area (Å²) in [6, 6.07) is 13.1. The number of aliphatic hydroxyl groups excluding tert-OH is 1. The Morgan fingerprint density at radius 1 is 1.00 bits per heavy atom. The monoisotopic (exact) mass is 456 g/mol. The molecule has 0 saturated carbocycles. The summed E-state index contributed by atoms with van der Waals surface area (Å²) in [6.07, 6.45) is -0.781. The number of quaternary nitrogens is 1. The Bertz CT molecular complexity index is 1010. The molecule has 3 N–H and O–H groups in total. The van der Waals surface area contributed by atoms with E-state index in [-0.39, 0.29) is 19.0 Å². The van der Waals surface area contributed by atoms with Gasteiger partial charge >= 0.3 is 0 Å². The quantitative estimate of drug-likeness (QED) is 0.434. The van der Waals surface area contributed by atoms with Gasteiger partial charge < -0.3 is 31.5 Å². The number of benzene rings is 2. The van der Waals surface area contributed by atoms with Crippen molar-refractivity contribution >= 4 is 34.2 Å². The van der Waals surface area contributed by atoms with Crippen molar-refractivity contribution in [3.05, 3.63) is 63.7 Å². The van der Waals surface area contributed by atoms with Crippen LogP contribution < -0.4 is 22.9 Å². The summed E-state index contributed by atoms with van der Waals surface area (Å²) in [6.45, 7) is 8.52. The summed E-state index contributed by atoms with van der Waals surface area (Å²) in [5, 5.41) is 20.4. The van der Waals surface area contributed by atoms with Gasteiger partial charge in [0.15, 0.2) is 0 Å². The van der Waals surface area contributed by atoms with Crippen molar-refractivity contribution in [3.8, 4) is 0 Å². The first-order chi connectivity index (χ1) is 13.5. The van der Waals surface area contributed by atoms with Crippen molar-refractivity contribution in [2.24, 2.45) is 0 Å². The molecule has 0 fully saturated rings. The molecule has 0 aliphatic carbocycles. The van der Waals surface area contributed by atoms with Gasteiger partial charge in [0.25, 0.3) is 0 Å². The van der Waals surface area contributed by atoms with E-state index in [9.17, 15) is 5.11 Å². The summed E-state index contributed by atoms with van der Waals surface area (Å²) < 4.78 is 3.89. The molecule has 0 aliphatic heterocycles. The maximum atomic E-state index is 10.8. The lowest BCUT2D eigenvalue weighted by Crippen LogP contribution is -3.11. The number of likely N-dealkylation sites (N-methyl/N-ethyl adjacent to an activating group) is 1. The van der Waals surface area contributed by atoms with Gasteiger partial charge in [0, 0.05) is 0 Å². The Morgan fingerprint density at radius 3 is 2.21 bits per heavy atom. The number of hydrogen-bond donors (Lipinski definition) is 3. The third-order valence-electron chi connectivity index (χ3n) is 5.35. The normalized spacial score (nSPS) is 12.3. The van der Waals surface area contributed by atoms with Crippen LogP contribution in [-0.2, 0) is 13.1 Å². The SMILES string of the molecule is CC[NH+](CC)CCn1c(=N)n(CC(O)c2ccc(Cl)c(Cl)c2)c2ccccc21.[Cl-]. The lowest BCUT2D eigenvalue weighted by Gasteiger charge is -2.16. The van der Waals surface area contributed by atoms with E-state index in [2.05, 4.69) is 13.8 Å². The van der Waals surface area contributed by atoms with Gasteiger partial charge in [-0.3, -0.25) is 5.41 Å². The number of nitrogens with one attached hydrogen (secondary N) is 2. The van der Waals surface area contributed by atoms with Gasteiger partial charge in [0.2, 0.25) is 5.62 Å². The van der Waals surface area contributed by atoms with E-state index in [0.29, 0.717) is 21.2 Å². The van der Waals surface area contributed by atoms with Crippen LogP contribution in [0.4, 0.5) is 0 Å². The summed E-state index contributed by atoms with van der Waals surface area (Å²) in [5.41, 5.74) is 3.04. The van der Waals surface area contributed by atoms with Crippen molar-refractivity contribution in [1.29, 1.82) is 5.41 Å². The molecule has 0 radical (unpaired) electrons. The molecule has 8 heteroatoms. The molecule has 0 bridgehead atoms. The van der Waals surface area contributed by atoms with Crippen LogP contribution >= 0.6 is 23.2 Å². The Morgan fingerprint density at radius 2 is 1.62 bits per heavy atom. The van der Waals surface area contributed by atoms with Crippen LogP contribution in [0.3, 0.4) is 0 Å². The highest BCUT2D eigenvalue weighted by Gasteiger charge is 2.16. The lowest BCUT2D eigenvalue weighted by molar-refractivity contribution is -0.897. The molecule has 29 heavy (non-hydrogen) atoms. The maximum Gasteiger partial charge on any atom is 0.203 e. The highest BCUT2D eigenvalue weighted by molar-refractivity contribution is 6.42. The second-order valence-electron chi connectivity index (χ2n) is 6.97. The second kappa shape index (κ2) is 10.5. The summed E-state index contributed by atoms with van der Waals surface area (Å²) in [5.74, 6) is 0. The summed E-state index contributed by atoms with van der Waals surface area (Å²) in [7, 11) is 0. The van der Waals surface area contributed by atoms with Crippen LogP contribution in [-0.4, -0.2) is 33.9 Å². The topological polar surface area (TPSA) is 58.4 Å². The largest absolute Gasteiger partial charge is 1.00 e. The molecule has 0 amide bonds. The molecule has 1 atom stereocenters. The minimum Gasteiger partial charge on any atom is -1.00 e. The van der Waals surface area contributed by atoms with Crippen LogP contribution in [0, 0.1) is 5.41 Å². The molecule has 2 aromatic carbocycles. The van der Waals surface area contributed by atoms with E-state index in [1.54, 1.807) is 18.2 Å². The Labute approximate surface area is 187 Å². The van der Waals surface area contributed by atoms with Crippen LogP contribution in [0.5, 0.6) is 0 Å². The predicted molar refractivity (Wildman–Crippen MR) is 114 cm³/mol. The maximum absolute atomic E-state index is 10.8. The van der Waals surface area contributed by atoms with E-state index in [0.717, 1.165) is 37.2 Å². The van der Waals surface area contributed by atoms with Gasteiger partial charge in [-0.15, -0.1) is 0 Å². The Hall–Kier alpha value is -1.50. The smallest absolute Gasteiger partial charge is 0.203 e. The fraction of sp³-hybridized carbons (Fsp3) is 0.381. The van der Waals surface area contributed by atoms with E-state index in [1.807, 2.05) is 33.4 Å². The molecule has 0 saturated heterocycles. The van der Waals surface area contributed by atoms with Crippen LogP contribution in [0.15, 0.2) is 42.5 Å². The third kappa shape index (κ3) is 5.16. The van der Waals surface area contributed by atoms with Gasteiger partial charge in [-0.25, -0.2) is 0 Å².